The number of hydrogen-bond acceptors (Lipinski definition) is 3. The summed E-state index contributed by atoms with van der Waals surface area (Å²) in [5, 5.41) is 9.02. The standard InChI is InChI=1S/C16H16FN3O2/c17-12-5-3-11(4-6-12)16(9-1-2-10-16)18-15(22)13-7-8-14(21)20-19-13/h3-8H,1-2,9-10H2,(H,18,22)(H,20,21). The van der Waals surface area contributed by atoms with Crippen molar-refractivity contribution in [3.05, 3.63) is 63.8 Å². The normalized spacial score (nSPS) is 16.4. The maximum absolute atomic E-state index is 13.1. The predicted octanol–water partition coefficient (Wildman–Crippen LogP) is 2.11. The molecular weight excluding hydrogens is 285 g/mol. The zero-order valence-corrected chi connectivity index (χ0v) is 11.9. The molecular formula is C16H16FN3O2. The first-order valence-corrected chi connectivity index (χ1v) is 7.23. The minimum atomic E-state index is -0.497. The minimum absolute atomic E-state index is 0.160. The van der Waals surface area contributed by atoms with E-state index in [1.165, 1.54) is 24.3 Å². The predicted molar refractivity (Wildman–Crippen MR) is 78.9 cm³/mol. The maximum atomic E-state index is 13.1. The van der Waals surface area contributed by atoms with Crippen molar-refractivity contribution in [1.29, 1.82) is 0 Å². The van der Waals surface area contributed by atoms with Gasteiger partial charge in [-0.3, -0.25) is 9.59 Å². The highest BCUT2D eigenvalue weighted by molar-refractivity contribution is 5.92. The fraction of sp³-hybridized carbons (Fsp3) is 0.312. The second-order valence-corrected chi connectivity index (χ2v) is 5.56. The van der Waals surface area contributed by atoms with E-state index in [2.05, 4.69) is 15.5 Å². The van der Waals surface area contributed by atoms with Crippen LogP contribution in [0.15, 0.2) is 41.2 Å². The Hall–Kier alpha value is -2.50. The summed E-state index contributed by atoms with van der Waals surface area (Å²) in [4.78, 5) is 23.4. The second-order valence-electron chi connectivity index (χ2n) is 5.56. The number of H-pyrrole nitrogens is 1. The van der Waals surface area contributed by atoms with Gasteiger partial charge in [0.05, 0.1) is 5.54 Å². The van der Waals surface area contributed by atoms with Crippen LogP contribution in [-0.2, 0) is 5.54 Å². The van der Waals surface area contributed by atoms with Crippen LogP contribution in [0.3, 0.4) is 0 Å². The number of carbonyl (C=O) groups excluding carboxylic acids is 1. The summed E-state index contributed by atoms with van der Waals surface area (Å²) in [5.74, 6) is -0.645. The van der Waals surface area contributed by atoms with Crippen molar-refractivity contribution in [3.8, 4) is 0 Å². The summed E-state index contributed by atoms with van der Waals surface area (Å²) in [6.45, 7) is 0. The van der Waals surface area contributed by atoms with Gasteiger partial charge in [0.2, 0.25) is 0 Å². The molecule has 0 unspecified atom stereocenters. The van der Waals surface area contributed by atoms with E-state index in [1.807, 2.05) is 0 Å². The average molecular weight is 301 g/mol. The molecule has 1 heterocycles. The lowest BCUT2D eigenvalue weighted by molar-refractivity contribution is 0.0892. The lowest BCUT2D eigenvalue weighted by Crippen LogP contribution is -2.44. The number of hydrogen-bond donors (Lipinski definition) is 2. The van der Waals surface area contributed by atoms with Gasteiger partial charge in [-0.05, 0) is 36.6 Å². The van der Waals surface area contributed by atoms with Crippen LogP contribution in [0, 0.1) is 5.82 Å². The Labute approximate surface area is 126 Å². The molecule has 5 nitrogen and oxygen atoms in total. The third-order valence-corrected chi connectivity index (χ3v) is 4.12. The van der Waals surface area contributed by atoms with Gasteiger partial charge in [-0.2, -0.15) is 5.10 Å². The smallest absolute Gasteiger partial charge is 0.272 e. The molecule has 0 radical (unpaired) electrons. The first-order valence-electron chi connectivity index (χ1n) is 7.23. The quantitative estimate of drug-likeness (QED) is 0.911. The van der Waals surface area contributed by atoms with Gasteiger partial charge in [-0.15, -0.1) is 0 Å². The molecule has 1 fully saturated rings. The molecule has 1 saturated carbocycles. The van der Waals surface area contributed by atoms with E-state index >= 15 is 0 Å². The molecule has 22 heavy (non-hydrogen) atoms. The van der Waals surface area contributed by atoms with Crippen LogP contribution in [0.1, 0.15) is 41.7 Å². The number of carbonyl (C=O) groups is 1. The molecule has 2 N–H and O–H groups in total. The summed E-state index contributed by atoms with van der Waals surface area (Å²) in [5.41, 5.74) is 0.200. The Morgan fingerprint density at radius 2 is 1.82 bits per heavy atom. The van der Waals surface area contributed by atoms with E-state index in [9.17, 15) is 14.0 Å². The van der Waals surface area contributed by atoms with Crippen LogP contribution in [0.25, 0.3) is 0 Å². The van der Waals surface area contributed by atoms with Gasteiger partial charge < -0.3 is 5.32 Å². The molecule has 1 aromatic heterocycles. The van der Waals surface area contributed by atoms with E-state index in [-0.39, 0.29) is 23.0 Å². The van der Waals surface area contributed by atoms with Gasteiger partial charge in [-0.25, -0.2) is 9.49 Å². The molecule has 114 valence electrons. The second kappa shape index (κ2) is 5.71. The fourth-order valence-corrected chi connectivity index (χ4v) is 2.99. The van der Waals surface area contributed by atoms with Crippen molar-refractivity contribution in [2.45, 2.75) is 31.2 Å². The summed E-state index contributed by atoms with van der Waals surface area (Å²) in [6, 6.07) is 8.88. The van der Waals surface area contributed by atoms with Gasteiger partial charge in [0.1, 0.15) is 11.5 Å². The molecule has 0 atom stereocenters. The van der Waals surface area contributed by atoms with Crippen LogP contribution < -0.4 is 10.9 Å². The van der Waals surface area contributed by atoms with Crippen molar-refractivity contribution in [1.82, 2.24) is 15.5 Å². The van der Waals surface area contributed by atoms with E-state index in [1.54, 1.807) is 12.1 Å². The summed E-state index contributed by atoms with van der Waals surface area (Å²) in [7, 11) is 0. The highest BCUT2D eigenvalue weighted by Gasteiger charge is 2.37. The number of nitrogens with zero attached hydrogens (tertiary/aromatic N) is 1. The molecule has 0 bridgehead atoms. The topological polar surface area (TPSA) is 74.8 Å². The molecule has 3 rings (SSSR count). The Balaban J connectivity index is 1.88. The number of rotatable bonds is 3. The largest absolute Gasteiger partial charge is 0.341 e. The minimum Gasteiger partial charge on any atom is -0.341 e. The molecule has 0 saturated heterocycles. The number of aromatic amines is 1. The summed E-state index contributed by atoms with van der Waals surface area (Å²) >= 11 is 0. The molecule has 1 aliphatic rings. The van der Waals surface area contributed by atoms with E-state index in [4.69, 9.17) is 0 Å². The molecule has 2 aromatic rings. The molecule has 1 amide bonds. The highest BCUT2D eigenvalue weighted by atomic mass is 19.1. The number of halogens is 1. The highest BCUT2D eigenvalue weighted by Crippen LogP contribution is 2.38. The third kappa shape index (κ3) is 2.77. The van der Waals surface area contributed by atoms with Crippen molar-refractivity contribution < 1.29 is 9.18 Å². The van der Waals surface area contributed by atoms with Crippen molar-refractivity contribution in [3.63, 3.8) is 0 Å². The maximum Gasteiger partial charge on any atom is 0.272 e. The Bertz CT molecular complexity index is 713. The summed E-state index contributed by atoms with van der Waals surface area (Å²) < 4.78 is 13.1. The van der Waals surface area contributed by atoms with Gasteiger partial charge in [0.25, 0.3) is 11.5 Å². The number of amides is 1. The third-order valence-electron chi connectivity index (χ3n) is 4.12. The number of nitrogens with one attached hydrogen (secondary N) is 2. The molecule has 1 aliphatic carbocycles. The van der Waals surface area contributed by atoms with Gasteiger partial charge in [0.15, 0.2) is 0 Å². The molecule has 1 aromatic carbocycles. The Morgan fingerprint density at radius 1 is 1.14 bits per heavy atom. The van der Waals surface area contributed by atoms with Crippen molar-refractivity contribution >= 4 is 5.91 Å². The van der Waals surface area contributed by atoms with Crippen molar-refractivity contribution in [2.75, 3.05) is 0 Å². The van der Waals surface area contributed by atoms with Gasteiger partial charge in [0, 0.05) is 6.07 Å². The lowest BCUT2D eigenvalue weighted by atomic mass is 9.88. The van der Waals surface area contributed by atoms with Crippen LogP contribution >= 0.6 is 0 Å². The van der Waals surface area contributed by atoms with Gasteiger partial charge >= 0.3 is 0 Å². The van der Waals surface area contributed by atoms with E-state index < -0.39 is 5.54 Å². The van der Waals surface area contributed by atoms with Gasteiger partial charge in [-0.1, -0.05) is 25.0 Å². The van der Waals surface area contributed by atoms with E-state index in [0.29, 0.717) is 0 Å². The number of aromatic nitrogens is 2. The Morgan fingerprint density at radius 3 is 2.41 bits per heavy atom. The fourth-order valence-electron chi connectivity index (χ4n) is 2.99. The molecule has 6 heteroatoms. The van der Waals surface area contributed by atoms with Crippen LogP contribution in [0.5, 0.6) is 0 Å². The van der Waals surface area contributed by atoms with Crippen LogP contribution in [0.2, 0.25) is 0 Å². The van der Waals surface area contributed by atoms with Crippen molar-refractivity contribution in [2.24, 2.45) is 0 Å². The zero-order valence-electron chi connectivity index (χ0n) is 11.9. The molecule has 0 aliphatic heterocycles. The molecule has 0 spiro atoms. The first-order chi connectivity index (χ1) is 10.6. The first kappa shape index (κ1) is 14.4. The van der Waals surface area contributed by atoms with Crippen LogP contribution in [-0.4, -0.2) is 16.1 Å². The number of benzene rings is 1. The summed E-state index contributed by atoms with van der Waals surface area (Å²) in [6.07, 6.45) is 3.59. The van der Waals surface area contributed by atoms with Crippen LogP contribution in [0.4, 0.5) is 4.39 Å². The zero-order chi connectivity index (χ0) is 15.6. The Kier molecular flexibility index (Phi) is 3.75. The monoisotopic (exact) mass is 301 g/mol. The lowest BCUT2D eigenvalue weighted by Gasteiger charge is -2.31. The van der Waals surface area contributed by atoms with E-state index in [0.717, 1.165) is 31.2 Å². The SMILES string of the molecule is O=C(NC1(c2ccc(F)cc2)CCCC1)c1ccc(=O)[nH]n1. The average Bonchev–Trinajstić information content (AvgIpc) is 2.98.